The summed E-state index contributed by atoms with van der Waals surface area (Å²) in [5.74, 6) is 0. The average Bonchev–Trinajstić information content (AvgIpc) is 2.03. The molecule has 0 heterocycles. The Hall–Kier alpha value is -0.0800. The Morgan fingerprint density at radius 2 is 1.36 bits per heavy atom. The predicted octanol–water partition coefficient (Wildman–Crippen LogP) is 1.38. The van der Waals surface area contributed by atoms with Gasteiger partial charge in [-0.05, 0) is 25.9 Å². The third kappa shape index (κ3) is 9.92. The van der Waals surface area contributed by atoms with Crippen LogP contribution in [0.3, 0.4) is 0 Å². The molecule has 0 atom stereocenters. The highest BCUT2D eigenvalue weighted by atomic mass is 14.9. The van der Waals surface area contributed by atoms with E-state index in [-0.39, 0.29) is 0 Å². The van der Waals surface area contributed by atoms with Crippen LogP contribution in [-0.2, 0) is 0 Å². The van der Waals surface area contributed by atoms with Gasteiger partial charge in [0.1, 0.15) is 0 Å². The van der Waals surface area contributed by atoms with Crippen molar-refractivity contribution in [2.75, 3.05) is 26.2 Å². The van der Waals surface area contributed by atoms with Crippen LogP contribution in [0.5, 0.6) is 0 Å². The van der Waals surface area contributed by atoms with E-state index in [9.17, 15) is 0 Å². The van der Waals surface area contributed by atoms with Crippen LogP contribution in [0.15, 0.2) is 0 Å². The van der Waals surface area contributed by atoms with E-state index in [2.05, 4.69) is 24.5 Å². The van der Waals surface area contributed by atoms with Crippen molar-refractivity contribution in [3.8, 4) is 0 Å². The summed E-state index contributed by atoms with van der Waals surface area (Å²) >= 11 is 0. The number of unbranched alkanes of at least 4 members (excludes halogenated alkanes) is 1. The first-order chi connectivity index (χ1) is 5.41. The molecule has 0 unspecified atom stereocenters. The van der Waals surface area contributed by atoms with Crippen LogP contribution in [0.1, 0.15) is 33.1 Å². The van der Waals surface area contributed by atoms with Gasteiger partial charge in [0, 0.05) is 13.1 Å². The topological polar surface area (TPSA) is 24.1 Å². The summed E-state index contributed by atoms with van der Waals surface area (Å²) in [5, 5.41) is 6.73. The highest BCUT2D eigenvalue weighted by Gasteiger charge is 1.85. The molecule has 0 radical (unpaired) electrons. The van der Waals surface area contributed by atoms with Gasteiger partial charge in [-0.1, -0.05) is 20.3 Å². The van der Waals surface area contributed by atoms with Gasteiger partial charge in [-0.25, -0.2) is 0 Å². The smallest absolute Gasteiger partial charge is 0.00767 e. The lowest BCUT2D eigenvalue weighted by atomic mass is 10.3. The number of rotatable bonds is 8. The molecule has 0 fully saturated rings. The number of nitrogens with one attached hydrogen (secondary N) is 2. The molecule has 0 aliphatic heterocycles. The van der Waals surface area contributed by atoms with Crippen LogP contribution in [0, 0.1) is 0 Å². The Morgan fingerprint density at radius 3 is 1.91 bits per heavy atom. The SMILES string of the molecule is CCCCNCCNCCC. The molecular formula is C9H22N2. The van der Waals surface area contributed by atoms with Gasteiger partial charge in [-0.3, -0.25) is 0 Å². The first-order valence-electron chi connectivity index (χ1n) is 4.83. The second-order valence-corrected chi connectivity index (χ2v) is 2.85. The standard InChI is InChI=1S/C9H22N2/c1-3-5-7-11-9-8-10-6-4-2/h10-11H,3-9H2,1-2H3. The van der Waals surface area contributed by atoms with Crippen LogP contribution < -0.4 is 10.6 Å². The van der Waals surface area contributed by atoms with E-state index < -0.39 is 0 Å². The Bertz CT molecular complexity index is 56.6. The minimum atomic E-state index is 1.11. The Kier molecular flexibility index (Phi) is 9.85. The van der Waals surface area contributed by atoms with Crippen LogP contribution in [-0.4, -0.2) is 26.2 Å². The zero-order valence-electron chi connectivity index (χ0n) is 7.95. The van der Waals surface area contributed by atoms with Crippen LogP contribution in [0.2, 0.25) is 0 Å². The fraction of sp³-hybridized carbons (Fsp3) is 1.00. The van der Waals surface area contributed by atoms with Gasteiger partial charge in [-0.15, -0.1) is 0 Å². The summed E-state index contributed by atoms with van der Waals surface area (Å²) in [6.45, 7) is 8.95. The first kappa shape index (κ1) is 10.9. The summed E-state index contributed by atoms with van der Waals surface area (Å²) in [4.78, 5) is 0. The lowest BCUT2D eigenvalue weighted by molar-refractivity contribution is 0.590. The quantitative estimate of drug-likeness (QED) is 0.521. The van der Waals surface area contributed by atoms with Crippen molar-refractivity contribution in [2.45, 2.75) is 33.1 Å². The molecule has 0 aromatic heterocycles. The molecule has 0 aliphatic carbocycles. The van der Waals surface area contributed by atoms with E-state index in [1.54, 1.807) is 0 Å². The number of hydrogen-bond donors (Lipinski definition) is 2. The molecule has 0 spiro atoms. The highest BCUT2D eigenvalue weighted by Crippen LogP contribution is 1.80. The van der Waals surface area contributed by atoms with E-state index in [1.165, 1.54) is 25.8 Å². The van der Waals surface area contributed by atoms with Gasteiger partial charge >= 0.3 is 0 Å². The van der Waals surface area contributed by atoms with Gasteiger partial charge in [0.2, 0.25) is 0 Å². The van der Waals surface area contributed by atoms with Crippen molar-refractivity contribution in [1.29, 1.82) is 0 Å². The van der Waals surface area contributed by atoms with Crippen LogP contribution in [0.4, 0.5) is 0 Å². The predicted molar refractivity (Wildman–Crippen MR) is 50.9 cm³/mol. The molecule has 0 aromatic rings. The molecule has 0 amide bonds. The molecule has 68 valence electrons. The first-order valence-corrected chi connectivity index (χ1v) is 4.83. The largest absolute Gasteiger partial charge is 0.315 e. The summed E-state index contributed by atoms with van der Waals surface area (Å²) in [5.41, 5.74) is 0. The molecule has 2 N–H and O–H groups in total. The van der Waals surface area contributed by atoms with Gasteiger partial charge < -0.3 is 10.6 Å². The van der Waals surface area contributed by atoms with Crippen molar-refractivity contribution in [3.05, 3.63) is 0 Å². The molecule has 0 aromatic carbocycles. The summed E-state index contributed by atoms with van der Waals surface area (Å²) in [6.07, 6.45) is 3.82. The maximum absolute atomic E-state index is 3.38. The van der Waals surface area contributed by atoms with E-state index in [4.69, 9.17) is 0 Å². The summed E-state index contributed by atoms with van der Waals surface area (Å²) in [7, 11) is 0. The minimum absolute atomic E-state index is 1.11. The van der Waals surface area contributed by atoms with Crippen molar-refractivity contribution in [3.63, 3.8) is 0 Å². The van der Waals surface area contributed by atoms with E-state index in [0.717, 1.165) is 19.6 Å². The van der Waals surface area contributed by atoms with Gasteiger partial charge in [0.15, 0.2) is 0 Å². The van der Waals surface area contributed by atoms with Crippen molar-refractivity contribution in [2.24, 2.45) is 0 Å². The molecule has 2 heteroatoms. The van der Waals surface area contributed by atoms with Gasteiger partial charge in [0.05, 0.1) is 0 Å². The van der Waals surface area contributed by atoms with Crippen LogP contribution >= 0.6 is 0 Å². The lowest BCUT2D eigenvalue weighted by Gasteiger charge is -2.04. The normalized spacial score (nSPS) is 10.4. The molecule has 11 heavy (non-hydrogen) atoms. The third-order valence-corrected chi connectivity index (χ3v) is 1.61. The minimum Gasteiger partial charge on any atom is -0.315 e. The van der Waals surface area contributed by atoms with E-state index in [1.807, 2.05) is 0 Å². The van der Waals surface area contributed by atoms with Crippen LogP contribution in [0.25, 0.3) is 0 Å². The van der Waals surface area contributed by atoms with Crippen molar-refractivity contribution < 1.29 is 0 Å². The van der Waals surface area contributed by atoms with E-state index >= 15 is 0 Å². The monoisotopic (exact) mass is 158 g/mol. The van der Waals surface area contributed by atoms with Gasteiger partial charge in [-0.2, -0.15) is 0 Å². The zero-order valence-corrected chi connectivity index (χ0v) is 7.95. The fourth-order valence-corrected chi connectivity index (χ4v) is 0.905. The van der Waals surface area contributed by atoms with Gasteiger partial charge in [0.25, 0.3) is 0 Å². The number of hydrogen-bond acceptors (Lipinski definition) is 2. The average molecular weight is 158 g/mol. The highest BCUT2D eigenvalue weighted by molar-refractivity contribution is 4.50. The maximum atomic E-state index is 3.38. The Balaban J connectivity index is 2.69. The second-order valence-electron chi connectivity index (χ2n) is 2.85. The fourth-order valence-electron chi connectivity index (χ4n) is 0.905. The molecule has 0 aliphatic rings. The summed E-state index contributed by atoms with van der Waals surface area (Å²) < 4.78 is 0. The molecule has 0 rings (SSSR count). The molecule has 0 saturated heterocycles. The van der Waals surface area contributed by atoms with E-state index in [0.29, 0.717) is 0 Å². The Labute approximate surface area is 70.8 Å². The maximum Gasteiger partial charge on any atom is 0.00767 e. The van der Waals surface area contributed by atoms with Crippen molar-refractivity contribution in [1.82, 2.24) is 10.6 Å². The molecule has 2 nitrogen and oxygen atoms in total. The third-order valence-electron chi connectivity index (χ3n) is 1.61. The molecule has 0 saturated carbocycles. The zero-order chi connectivity index (χ0) is 8.36. The second kappa shape index (κ2) is 9.92. The molecular weight excluding hydrogens is 136 g/mol. The Morgan fingerprint density at radius 1 is 0.727 bits per heavy atom. The van der Waals surface area contributed by atoms with Crippen molar-refractivity contribution >= 4 is 0 Å². The molecule has 0 bridgehead atoms. The lowest BCUT2D eigenvalue weighted by Crippen LogP contribution is -2.28. The summed E-state index contributed by atoms with van der Waals surface area (Å²) in [6, 6.07) is 0.